The van der Waals surface area contributed by atoms with Crippen LogP contribution in [0.25, 0.3) is 0 Å². The molecule has 0 saturated carbocycles. The fraction of sp³-hybridized carbons (Fsp3) is 0.200. The van der Waals surface area contributed by atoms with Gasteiger partial charge >= 0.3 is 5.97 Å². The normalized spacial score (nSPS) is 10.7. The van der Waals surface area contributed by atoms with E-state index < -0.39 is 53.3 Å². The van der Waals surface area contributed by atoms with Crippen molar-refractivity contribution < 1.29 is 40.7 Å². The van der Waals surface area contributed by atoms with E-state index in [4.69, 9.17) is 4.42 Å². The molecule has 0 bridgehead atoms. The molecule has 0 aliphatic carbocycles. The average molecular weight is 363 g/mol. The molecule has 10 heteroatoms. The van der Waals surface area contributed by atoms with Crippen molar-refractivity contribution in [1.82, 2.24) is 0 Å². The standard InChI is InChI=1S/C15H10F5NO4/c1-5-3-7(6(2)25-5)15(23)24-4-8(22)21-14-12(19)10(17)9(16)11(18)13(14)20/h3H,4H2,1-2H3,(H,21,22). The smallest absolute Gasteiger partial charge is 0.342 e. The Morgan fingerprint density at radius 2 is 1.52 bits per heavy atom. The van der Waals surface area contributed by atoms with Crippen molar-refractivity contribution >= 4 is 17.6 Å². The summed E-state index contributed by atoms with van der Waals surface area (Å²) in [7, 11) is 0. The van der Waals surface area contributed by atoms with Crippen LogP contribution >= 0.6 is 0 Å². The summed E-state index contributed by atoms with van der Waals surface area (Å²) in [6, 6.07) is 1.35. The van der Waals surface area contributed by atoms with Gasteiger partial charge in [-0.2, -0.15) is 0 Å². The minimum absolute atomic E-state index is 0.0292. The van der Waals surface area contributed by atoms with Crippen LogP contribution < -0.4 is 5.32 Å². The summed E-state index contributed by atoms with van der Waals surface area (Å²) in [5.74, 6) is -12.8. The predicted octanol–water partition coefficient (Wildman–Crippen LogP) is 3.39. The van der Waals surface area contributed by atoms with E-state index in [1.807, 2.05) is 0 Å². The maximum absolute atomic E-state index is 13.4. The van der Waals surface area contributed by atoms with Crippen LogP contribution in [0.5, 0.6) is 0 Å². The molecule has 0 fully saturated rings. The fourth-order valence-electron chi connectivity index (χ4n) is 1.93. The summed E-state index contributed by atoms with van der Waals surface area (Å²) in [5.41, 5.74) is -1.51. The summed E-state index contributed by atoms with van der Waals surface area (Å²) in [6.07, 6.45) is 0. The van der Waals surface area contributed by atoms with Gasteiger partial charge in [-0.1, -0.05) is 0 Å². The van der Waals surface area contributed by atoms with Gasteiger partial charge in [0.25, 0.3) is 5.91 Å². The lowest BCUT2D eigenvalue weighted by Crippen LogP contribution is -2.23. The van der Waals surface area contributed by atoms with Gasteiger partial charge in [0.05, 0.1) is 0 Å². The number of rotatable bonds is 4. The molecule has 0 unspecified atom stereocenters. The second-order valence-corrected chi connectivity index (χ2v) is 4.90. The van der Waals surface area contributed by atoms with E-state index in [9.17, 15) is 31.5 Å². The Kier molecular flexibility index (Phi) is 5.10. The summed E-state index contributed by atoms with van der Waals surface area (Å²) in [5, 5.41) is 1.48. The summed E-state index contributed by atoms with van der Waals surface area (Å²) in [6.45, 7) is 2.03. The predicted molar refractivity (Wildman–Crippen MR) is 73.3 cm³/mol. The number of nitrogens with one attached hydrogen (secondary N) is 1. The van der Waals surface area contributed by atoms with Crippen molar-refractivity contribution in [2.75, 3.05) is 11.9 Å². The molecule has 2 aromatic rings. The minimum atomic E-state index is -2.36. The number of anilines is 1. The second-order valence-electron chi connectivity index (χ2n) is 4.90. The fourth-order valence-corrected chi connectivity index (χ4v) is 1.93. The Labute approximate surface area is 137 Å². The monoisotopic (exact) mass is 363 g/mol. The molecule has 1 N–H and O–H groups in total. The second kappa shape index (κ2) is 6.91. The zero-order chi connectivity index (χ0) is 18.9. The summed E-state index contributed by atoms with van der Waals surface area (Å²) >= 11 is 0. The zero-order valence-corrected chi connectivity index (χ0v) is 12.8. The van der Waals surface area contributed by atoms with Crippen LogP contribution in [0.4, 0.5) is 27.6 Å². The van der Waals surface area contributed by atoms with Crippen molar-refractivity contribution in [1.29, 1.82) is 0 Å². The molecule has 0 atom stereocenters. The van der Waals surface area contributed by atoms with E-state index in [-0.39, 0.29) is 11.3 Å². The molecule has 2 rings (SSSR count). The Balaban J connectivity index is 2.09. The number of benzene rings is 1. The zero-order valence-electron chi connectivity index (χ0n) is 12.8. The first-order valence-corrected chi connectivity index (χ1v) is 6.69. The number of hydrogen-bond donors (Lipinski definition) is 1. The Morgan fingerprint density at radius 3 is 2.00 bits per heavy atom. The molecular weight excluding hydrogens is 353 g/mol. The lowest BCUT2D eigenvalue weighted by Gasteiger charge is -2.10. The van der Waals surface area contributed by atoms with Crippen LogP contribution in [-0.2, 0) is 9.53 Å². The molecule has 0 radical (unpaired) electrons. The molecule has 0 aliphatic heterocycles. The molecule has 5 nitrogen and oxygen atoms in total. The highest BCUT2D eigenvalue weighted by Crippen LogP contribution is 2.27. The quantitative estimate of drug-likeness (QED) is 0.391. The number of ether oxygens (including phenoxy) is 1. The first kappa shape index (κ1) is 18.4. The molecule has 0 aliphatic rings. The maximum atomic E-state index is 13.4. The highest BCUT2D eigenvalue weighted by molar-refractivity contribution is 5.96. The maximum Gasteiger partial charge on any atom is 0.342 e. The van der Waals surface area contributed by atoms with Crippen molar-refractivity contribution in [3.63, 3.8) is 0 Å². The SMILES string of the molecule is Cc1cc(C(=O)OCC(=O)Nc2c(F)c(F)c(F)c(F)c2F)c(C)o1. The Bertz CT molecular complexity index is 833. The molecule has 134 valence electrons. The van der Waals surface area contributed by atoms with Gasteiger partial charge in [0.1, 0.15) is 22.8 Å². The third kappa shape index (κ3) is 3.62. The molecule has 25 heavy (non-hydrogen) atoms. The molecule has 1 heterocycles. The van der Waals surface area contributed by atoms with E-state index in [1.165, 1.54) is 18.3 Å². The molecule has 1 aromatic carbocycles. The van der Waals surface area contributed by atoms with Crippen molar-refractivity contribution in [2.24, 2.45) is 0 Å². The number of esters is 1. The van der Waals surface area contributed by atoms with Crippen LogP contribution in [0.3, 0.4) is 0 Å². The largest absolute Gasteiger partial charge is 0.466 e. The highest BCUT2D eigenvalue weighted by Gasteiger charge is 2.27. The summed E-state index contributed by atoms with van der Waals surface area (Å²) < 4.78 is 75.5. The Hall–Kier alpha value is -2.91. The van der Waals surface area contributed by atoms with Crippen molar-refractivity contribution in [2.45, 2.75) is 13.8 Å². The van der Waals surface area contributed by atoms with Crippen molar-refractivity contribution in [3.05, 3.63) is 52.2 Å². The van der Waals surface area contributed by atoms with Gasteiger partial charge in [-0.3, -0.25) is 4.79 Å². The molecule has 0 spiro atoms. The highest BCUT2D eigenvalue weighted by atomic mass is 19.2. The van der Waals surface area contributed by atoms with Crippen LogP contribution in [0.2, 0.25) is 0 Å². The number of aryl methyl sites for hydroxylation is 2. The molecule has 0 saturated heterocycles. The first-order valence-electron chi connectivity index (χ1n) is 6.69. The van der Waals surface area contributed by atoms with E-state index >= 15 is 0 Å². The topological polar surface area (TPSA) is 68.5 Å². The minimum Gasteiger partial charge on any atom is -0.466 e. The first-order chi connectivity index (χ1) is 11.6. The van der Waals surface area contributed by atoms with E-state index in [0.717, 1.165) is 0 Å². The van der Waals surface area contributed by atoms with Crippen molar-refractivity contribution in [3.8, 4) is 0 Å². The number of hydrogen-bond acceptors (Lipinski definition) is 4. The van der Waals surface area contributed by atoms with Gasteiger partial charge in [-0.25, -0.2) is 26.7 Å². The molecule has 1 aromatic heterocycles. The lowest BCUT2D eigenvalue weighted by molar-refractivity contribution is -0.119. The van der Waals surface area contributed by atoms with E-state index in [1.54, 1.807) is 6.92 Å². The Morgan fingerprint density at radius 1 is 1.00 bits per heavy atom. The van der Waals surface area contributed by atoms with Gasteiger partial charge in [0, 0.05) is 0 Å². The third-order valence-electron chi connectivity index (χ3n) is 3.07. The van der Waals surface area contributed by atoms with Gasteiger partial charge in [-0.05, 0) is 19.9 Å². The number of halogens is 5. The number of carbonyl (C=O) groups excluding carboxylic acids is 2. The van der Waals surface area contributed by atoms with Gasteiger partial charge in [-0.15, -0.1) is 0 Å². The van der Waals surface area contributed by atoms with Crippen LogP contribution in [-0.4, -0.2) is 18.5 Å². The van der Waals surface area contributed by atoms with E-state index in [0.29, 0.717) is 5.76 Å². The number of amides is 1. The van der Waals surface area contributed by atoms with E-state index in [2.05, 4.69) is 4.74 Å². The number of furan rings is 1. The molecular formula is C15H10F5NO4. The average Bonchev–Trinajstić information content (AvgIpc) is 2.91. The van der Waals surface area contributed by atoms with Gasteiger partial charge in [0.15, 0.2) is 29.9 Å². The number of carbonyl (C=O) groups is 2. The summed E-state index contributed by atoms with van der Waals surface area (Å²) in [4.78, 5) is 23.3. The van der Waals surface area contributed by atoms with Crippen LogP contribution in [0.1, 0.15) is 21.9 Å². The molecule has 1 amide bonds. The third-order valence-corrected chi connectivity index (χ3v) is 3.07. The van der Waals surface area contributed by atoms with Gasteiger partial charge < -0.3 is 14.5 Å². The lowest BCUT2D eigenvalue weighted by atomic mass is 10.2. The van der Waals surface area contributed by atoms with Gasteiger partial charge in [0.2, 0.25) is 5.82 Å². The van der Waals surface area contributed by atoms with Crippen LogP contribution in [0.15, 0.2) is 10.5 Å². The van der Waals surface area contributed by atoms with Crippen LogP contribution in [0, 0.1) is 42.9 Å².